The highest BCUT2D eigenvalue weighted by Crippen LogP contribution is 2.38. The summed E-state index contributed by atoms with van der Waals surface area (Å²) in [4.78, 5) is 32.4. The van der Waals surface area contributed by atoms with Gasteiger partial charge in [0.15, 0.2) is 0 Å². The molecule has 1 aromatic heterocycles. The molecule has 1 fully saturated rings. The van der Waals surface area contributed by atoms with Crippen LogP contribution in [0.2, 0.25) is 0 Å². The van der Waals surface area contributed by atoms with Crippen molar-refractivity contribution in [3.8, 4) is 0 Å². The second-order valence-corrected chi connectivity index (χ2v) is 13.6. The summed E-state index contributed by atoms with van der Waals surface area (Å²) in [5.74, 6) is -0.405. The molecule has 1 saturated heterocycles. The van der Waals surface area contributed by atoms with E-state index in [0.717, 1.165) is 42.8 Å². The fraction of sp³-hybridized carbons (Fsp3) is 0.571. The fourth-order valence-electron chi connectivity index (χ4n) is 5.29. The first-order valence-corrected chi connectivity index (χ1v) is 16.0. The highest BCUT2D eigenvalue weighted by molar-refractivity contribution is 7.89. The molecule has 0 aliphatic carbocycles. The Morgan fingerprint density at radius 2 is 1.69 bits per heavy atom. The third-order valence-corrected chi connectivity index (χ3v) is 10.1. The lowest BCUT2D eigenvalue weighted by atomic mass is 10.0. The molecule has 0 spiro atoms. The Hall–Kier alpha value is -2.31. The van der Waals surface area contributed by atoms with E-state index in [1.807, 2.05) is 18.7 Å². The largest absolute Gasteiger partial charge is 0.373 e. The Morgan fingerprint density at radius 1 is 1.08 bits per heavy atom. The number of sulfonamides is 1. The van der Waals surface area contributed by atoms with E-state index in [2.05, 4.69) is 31.1 Å². The molecule has 2 aliphatic heterocycles. The average Bonchev–Trinajstić information content (AvgIpc) is 3.24. The lowest BCUT2D eigenvalue weighted by Gasteiger charge is -2.34. The standard InChI is InChI=1S/C28H40N4O5S2/c1-6-13-31(14-7-2)28(34)25-23-12-15-30(5)18-24(23)38-27(25)29-26(33)21-8-10-22(11-9-21)39(35,36)32-16-19(3)37-20(4)17-32/h8-11,19-20H,6-7,12-18H2,1-5H3,(H,29,33). The Labute approximate surface area is 236 Å². The molecule has 1 aromatic carbocycles. The number of hydrogen-bond acceptors (Lipinski definition) is 7. The van der Waals surface area contributed by atoms with E-state index in [9.17, 15) is 18.0 Å². The number of benzene rings is 1. The second-order valence-electron chi connectivity index (χ2n) is 10.5. The molecule has 39 heavy (non-hydrogen) atoms. The monoisotopic (exact) mass is 576 g/mol. The summed E-state index contributed by atoms with van der Waals surface area (Å²) in [6.07, 6.45) is 2.11. The molecule has 2 aromatic rings. The van der Waals surface area contributed by atoms with Gasteiger partial charge in [-0.1, -0.05) is 13.8 Å². The van der Waals surface area contributed by atoms with Crippen molar-refractivity contribution in [3.05, 3.63) is 45.8 Å². The number of anilines is 1. The van der Waals surface area contributed by atoms with Gasteiger partial charge in [0, 0.05) is 49.7 Å². The molecule has 0 bridgehead atoms. The Balaban J connectivity index is 1.58. The number of ether oxygens (including phenoxy) is 1. The van der Waals surface area contributed by atoms with E-state index in [1.54, 1.807) is 0 Å². The normalized spacial score (nSPS) is 20.4. The molecular weight excluding hydrogens is 536 g/mol. The molecule has 9 nitrogen and oxygen atoms in total. The SMILES string of the molecule is CCCN(CCC)C(=O)c1c(NC(=O)c2ccc(S(=O)(=O)N3CC(C)OC(C)C3)cc2)sc2c1CCN(C)C2. The molecule has 2 aliphatic rings. The van der Waals surface area contributed by atoms with Crippen LogP contribution in [0, 0.1) is 0 Å². The zero-order valence-corrected chi connectivity index (χ0v) is 25.2. The highest BCUT2D eigenvalue weighted by Gasteiger charge is 2.33. The summed E-state index contributed by atoms with van der Waals surface area (Å²) in [6, 6.07) is 6.00. The summed E-state index contributed by atoms with van der Waals surface area (Å²) >= 11 is 1.46. The van der Waals surface area contributed by atoms with Crippen molar-refractivity contribution in [2.24, 2.45) is 0 Å². The van der Waals surface area contributed by atoms with Crippen molar-refractivity contribution in [2.45, 2.75) is 70.6 Å². The number of amides is 2. The summed E-state index contributed by atoms with van der Waals surface area (Å²) in [7, 11) is -1.65. The van der Waals surface area contributed by atoms with E-state index >= 15 is 0 Å². The van der Waals surface area contributed by atoms with Crippen LogP contribution in [0.3, 0.4) is 0 Å². The maximum Gasteiger partial charge on any atom is 0.257 e. The van der Waals surface area contributed by atoms with Crippen molar-refractivity contribution in [1.82, 2.24) is 14.1 Å². The van der Waals surface area contributed by atoms with Gasteiger partial charge in [-0.05, 0) is 70.0 Å². The molecule has 0 radical (unpaired) electrons. The zero-order chi connectivity index (χ0) is 28.3. The quantitative estimate of drug-likeness (QED) is 0.484. The smallest absolute Gasteiger partial charge is 0.257 e. The number of thiophene rings is 1. The molecule has 3 heterocycles. The number of nitrogens with zero attached hydrogens (tertiary/aromatic N) is 3. The molecule has 2 unspecified atom stereocenters. The van der Waals surface area contributed by atoms with Crippen molar-refractivity contribution >= 4 is 38.2 Å². The molecule has 4 rings (SSSR count). The topological polar surface area (TPSA) is 99.3 Å². The molecule has 0 saturated carbocycles. The minimum atomic E-state index is -3.71. The number of carbonyl (C=O) groups excluding carboxylic acids is 2. The van der Waals surface area contributed by atoms with Gasteiger partial charge in [-0.25, -0.2) is 8.42 Å². The number of morpholine rings is 1. The van der Waals surface area contributed by atoms with Crippen molar-refractivity contribution < 1.29 is 22.7 Å². The van der Waals surface area contributed by atoms with Crippen LogP contribution >= 0.6 is 11.3 Å². The van der Waals surface area contributed by atoms with Crippen molar-refractivity contribution in [3.63, 3.8) is 0 Å². The van der Waals surface area contributed by atoms with Crippen molar-refractivity contribution in [2.75, 3.05) is 45.1 Å². The van der Waals surface area contributed by atoms with E-state index in [1.165, 1.54) is 39.9 Å². The Bertz CT molecular complexity index is 1280. The zero-order valence-electron chi connectivity index (χ0n) is 23.5. The van der Waals surface area contributed by atoms with Crippen LogP contribution in [0.4, 0.5) is 5.00 Å². The number of fused-ring (bicyclic) bond motifs is 1. The van der Waals surface area contributed by atoms with Gasteiger partial charge in [0.05, 0.1) is 22.7 Å². The maximum atomic E-state index is 13.7. The summed E-state index contributed by atoms with van der Waals surface area (Å²) in [6.45, 7) is 11.3. The van der Waals surface area contributed by atoms with Gasteiger partial charge in [0.1, 0.15) is 5.00 Å². The number of carbonyl (C=O) groups is 2. The maximum absolute atomic E-state index is 13.7. The minimum Gasteiger partial charge on any atom is -0.373 e. The summed E-state index contributed by atoms with van der Waals surface area (Å²) in [5, 5.41) is 3.55. The molecule has 1 N–H and O–H groups in total. The van der Waals surface area contributed by atoms with Crippen molar-refractivity contribution in [1.29, 1.82) is 0 Å². The third kappa shape index (κ3) is 6.54. The van der Waals surface area contributed by atoms with Crippen LogP contribution in [-0.2, 0) is 27.7 Å². The molecule has 214 valence electrons. The fourth-order valence-corrected chi connectivity index (χ4v) is 8.19. The third-order valence-electron chi connectivity index (χ3n) is 7.10. The Kier molecular flexibility index (Phi) is 9.49. The van der Waals surface area contributed by atoms with Crippen LogP contribution in [0.5, 0.6) is 0 Å². The van der Waals surface area contributed by atoms with E-state index < -0.39 is 10.0 Å². The minimum absolute atomic E-state index is 0.0357. The van der Waals surface area contributed by atoms with E-state index in [4.69, 9.17) is 4.74 Å². The van der Waals surface area contributed by atoms with Crippen LogP contribution in [0.25, 0.3) is 0 Å². The number of likely N-dealkylation sites (N-methyl/N-ethyl adjacent to an activating group) is 1. The lowest BCUT2D eigenvalue weighted by molar-refractivity contribution is -0.0440. The van der Waals surface area contributed by atoms with Gasteiger partial charge >= 0.3 is 0 Å². The average molecular weight is 577 g/mol. The predicted octanol–water partition coefficient (Wildman–Crippen LogP) is 4.05. The van der Waals surface area contributed by atoms with Crippen LogP contribution < -0.4 is 5.32 Å². The molecular formula is C28H40N4O5S2. The van der Waals surface area contributed by atoms with Crippen LogP contribution in [0.1, 0.15) is 71.7 Å². The summed E-state index contributed by atoms with van der Waals surface area (Å²) < 4.78 is 33.5. The molecule has 11 heteroatoms. The first kappa shape index (κ1) is 29.7. The van der Waals surface area contributed by atoms with Gasteiger partial charge < -0.3 is 19.9 Å². The summed E-state index contributed by atoms with van der Waals surface area (Å²) in [5.41, 5.74) is 1.97. The first-order chi connectivity index (χ1) is 18.5. The second kappa shape index (κ2) is 12.5. The van der Waals surface area contributed by atoms with Crippen LogP contribution in [-0.4, -0.2) is 86.3 Å². The van der Waals surface area contributed by atoms with Gasteiger partial charge in [0.25, 0.3) is 11.8 Å². The lowest BCUT2D eigenvalue weighted by Crippen LogP contribution is -2.48. The highest BCUT2D eigenvalue weighted by atomic mass is 32.2. The van der Waals surface area contributed by atoms with Gasteiger partial charge in [0.2, 0.25) is 10.0 Å². The predicted molar refractivity (Wildman–Crippen MR) is 154 cm³/mol. The van der Waals surface area contributed by atoms with Gasteiger partial charge in [-0.15, -0.1) is 11.3 Å². The molecule has 2 amide bonds. The number of hydrogen-bond donors (Lipinski definition) is 1. The Morgan fingerprint density at radius 3 is 2.28 bits per heavy atom. The first-order valence-electron chi connectivity index (χ1n) is 13.7. The van der Waals surface area contributed by atoms with Crippen LogP contribution in [0.15, 0.2) is 29.2 Å². The molecule has 2 atom stereocenters. The van der Waals surface area contributed by atoms with Gasteiger partial charge in [-0.2, -0.15) is 4.31 Å². The van der Waals surface area contributed by atoms with E-state index in [-0.39, 0.29) is 42.0 Å². The number of rotatable bonds is 9. The number of nitrogens with one attached hydrogen (secondary N) is 1. The van der Waals surface area contributed by atoms with E-state index in [0.29, 0.717) is 29.2 Å². The van der Waals surface area contributed by atoms with Gasteiger partial charge in [-0.3, -0.25) is 9.59 Å².